The topological polar surface area (TPSA) is 43.8 Å². The first-order valence-corrected chi connectivity index (χ1v) is 7.30. The predicted octanol–water partition coefficient (Wildman–Crippen LogP) is 3.93. The van der Waals surface area contributed by atoms with Crippen LogP contribution in [-0.2, 0) is 0 Å². The van der Waals surface area contributed by atoms with Gasteiger partial charge in [0.05, 0.1) is 27.3 Å². The van der Waals surface area contributed by atoms with Gasteiger partial charge in [-0.2, -0.15) is 0 Å². The molecule has 0 aliphatic carbocycles. The van der Waals surface area contributed by atoms with Crippen molar-refractivity contribution in [1.29, 1.82) is 0 Å². The average Bonchev–Trinajstić information content (AvgIpc) is 2.81. The highest BCUT2D eigenvalue weighted by Crippen LogP contribution is 2.27. The van der Waals surface area contributed by atoms with Crippen molar-refractivity contribution in [1.82, 2.24) is 9.55 Å². The number of imidazole rings is 1. The van der Waals surface area contributed by atoms with E-state index in [9.17, 15) is 0 Å². The summed E-state index contributed by atoms with van der Waals surface area (Å²) in [5.74, 6) is 0. The van der Waals surface area contributed by atoms with Crippen molar-refractivity contribution in [2.75, 3.05) is 0 Å². The van der Waals surface area contributed by atoms with E-state index in [1.807, 2.05) is 16.7 Å². The zero-order valence-corrected chi connectivity index (χ0v) is 13.3. The van der Waals surface area contributed by atoms with Crippen LogP contribution >= 0.6 is 23.8 Å². The van der Waals surface area contributed by atoms with Crippen molar-refractivity contribution >= 4 is 39.8 Å². The number of hydrogen-bond acceptors (Lipinski definition) is 2. The number of fused-ring (bicyclic) bond motifs is 1. The third kappa shape index (κ3) is 2.30. The summed E-state index contributed by atoms with van der Waals surface area (Å²) in [4.78, 5) is 4.74. The van der Waals surface area contributed by atoms with Gasteiger partial charge >= 0.3 is 0 Å². The van der Waals surface area contributed by atoms with Crippen molar-refractivity contribution in [2.45, 2.75) is 13.8 Å². The Labute approximate surface area is 133 Å². The van der Waals surface area contributed by atoms with E-state index in [-0.39, 0.29) is 4.99 Å². The molecule has 21 heavy (non-hydrogen) atoms. The number of aromatic nitrogens is 2. The first kappa shape index (κ1) is 14.0. The van der Waals surface area contributed by atoms with Crippen LogP contribution in [0.1, 0.15) is 16.7 Å². The molecule has 0 fully saturated rings. The van der Waals surface area contributed by atoms with E-state index in [2.05, 4.69) is 31.0 Å². The molecule has 0 amide bonds. The van der Waals surface area contributed by atoms with Crippen LogP contribution in [0.3, 0.4) is 0 Å². The van der Waals surface area contributed by atoms with Gasteiger partial charge in [0, 0.05) is 0 Å². The van der Waals surface area contributed by atoms with Crippen LogP contribution in [-0.4, -0.2) is 14.5 Å². The minimum absolute atomic E-state index is 0.279. The molecular formula is C16H14ClN3S. The lowest BCUT2D eigenvalue weighted by Crippen LogP contribution is -2.14. The van der Waals surface area contributed by atoms with Crippen LogP contribution < -0.4 is 5.73 Å². The summed E-state index contributed by atoms with van der Waals surface area (Å²) in [6.45, 7) is 4.16. The van der Waals surface area contributed by atoms with Crippen LogP contribution in [0.2, 0.25) is 5.02 Å². The van der Waals surface area contributed by atoms with Crippen molar-refractivity contribution < 1.29 is 0 Å². The molecule has 3 nitrogen and oxygen atoms in total. The Kier molecular flexibility index (Phi) is 3.43. The molecule has 2 N–H and O–H groups in total. The minimum atomic E-state index is 0.279. The molecule has 0 aliphatic rings. The normalized spacial score (nSPS) is 11.0. The van der Waals surface area contributed by atoms with Crippen molar-refractivity contribution in [3.8, 4) is 5.69 Å². The van der Waals surface area contributed by atoms with E-state index in [0.29, 0.717) is 10.6 Å². The standard InChI is InChI=1S/C16H14ClN3S/c1-9-6-12-14(7-10(9)2)20(8-19-12)13-5-3-4-11(17)15(13)16(18)21/h3-8H,1-2H3,(H2,18,21). The lowest BCUT2D eigenvalue weighted by molar-refractivity contribution is 1.09. The molecule has 106 valence electrons. The molecule has 0 atom stereocenters. The van der Waals surface area contributed by atoms with Crippen molar-refractivity contribution in [2.24, 2.45) is 5.73 Å². The molecule has 0 saturated heterocycles. The molecule has 0 bridgehead atoms. The first-order chi connectivity index (χ1) is 9.99. The Hall–Kier alpha value is -1.91. The molecule has 0 unspecified atom stereocenters. The Morgan fingerprint density at radius 3 is 2.67 bits per heavy atom. The lowest BCUT2D eigenvalue weighted by Gasteiger charge is -2.12. The van der Waals surface area contributed by atoms with Crippen LogP contribution in [0.4, 0.5) is 0 Å². The van der Waals surface area contributed by atoms with E-state index >= 15 is 0 Å². The second kappa shape index (κ2) is 5.13. The molecule has 0 radical (unpaired) electrons. The molecule has 5 heteroatoms. The maximum atomic E-state index is 6.25. The van der Waals surface area contributed by atoms with Gasteiger partial charge in [0.25, 0.3) is 0 Å². The number of benzene rings is 2. The van der Waals surface area contributed by atoms with Crippen molar-refractivity contribution in [3.63, 3.8) is 0 Å². The van der Waals surface area contributed by atoms with E-state index in [4.69, 9.17) is 29.6 Å². The fourth-order valence-electron chi connectivity index (χ4n) is 2.41. The lowest BCUT2D eigenvalue weighted by atomic mass is 10.1. The zero-order valence-electron chi connectivity index (χ0n) is 11.7. The van der Waals surface area contributed by atoms with Gasteiger partial charge in [-0.15, -0.1) is 0 Å². The van der Waals surface area contributed by atoms with E-state index in [0.717, 1.165) is 16.7 Å². The Morgan fingerprint density at radius 2 is 1.95 bits per heavy atom. The second-order valence-corrected chi connectivity index (χ2v) is 5.88. The monoisotopic (exact) mass is 315 g/mol. The third-order valence-electron chi connectivity index (χ3n) is 3.66. The number of aryl methyl sites for hydroxylation is 2. The summed E-state index contributed by atoms with van der Waals surface area (Å²) >= 11 is 11.4. The molecular weight excluding hydrogens is 302 g/mol. The van der Waals surface area contributed by atoms with Gasteiger partial charge < -0.3 is 5.73 Å². The van der Waals surface area contributed by atoms with Crippen LogP contribution in [0, 0.1) is 13.8 Å². The highest BCUT2D eigenvalue weighted by Gasteiger charge is 2.14. The Balaban J connectivity index is 2.34. The van der Waals surface area contributed by atoms with Gasteiger partial charge in [0.2, 0.25) is 0 Å². The van der Waals surface area contributed by atoms with E-state index < -0.39 is 0 Å². The number of nitrogens with zero attached hydrogens (tertiary/aromatic N) is 2. The number of hydrogen-bond donors (Lipinski definition) is 1. The average molecular weight is 316 g/mol. The quantitative estimate of drug-likeness (QED) is 0.729. The second-order valence-electron chi connectivity index (χ2n) is 5.04. The molecule has 1 heterocycles. The van der Waals surface area contributed by atoms with Gasteiger partial charge in [-0.25, -0.2) is 4.98 Å². The number of nitrogens with two attached hydrogens (primary N) is 1. The molecule has 3 aromatic rings. The van der Waals surface area contributed by atoms with Gasteiger partial charge in [-0.1, -0.05) is 29.9 Å². The highest BCUT2D eigenvalue weighted by molar-refractivity contribution is 7.80. The summed E-state index contributed by atoms with van der Waals surface area (Å²) in [5, 5.41) is 0.547. The molecule has 0 aliphatic heterocycles. The van der Waals surface area contributed by atoms with Crippen LogP contribution in [0.25, 0.3) is 16.7 Å². The minimum Gasteiger partial charge on any atom is -0.389 e. The van der Waals surface area contributed by atoms with E-state index in [1.165, 1.54) is 11.1 Å². The smallest absolute Gasteiger partial charge is 0.107 e. The SMILES string of the molecule is Cc1cc2ncn(-c3cccc(Cl)c3C(N)=S)c2cc1C. The molecule has 2 aromatic carbocycles. The maximum Gasteiger partial charge on any atom is 0.107 e. The van der Waals surface area contributed by atoms with Gasteiger partial charge in [-0.3, -0.25) is 4.57 Å². The van der Waals surface area contributed by atoms with Crippen LogP contribution in [0.5, 0.6) is 0 Å². The number of rotatable bonds is 2. The van der Waals surface area contributed by atoms with Gasteiger partial charge in [-0.05, 0) is 49.2 Å². The molecule has 3 rings (SSSR count). The summed E-state index contributed by atoms with van der Waals surface area (Å²) < 4.78 is 1.97. The van der Waals surface area contributed by atoms with Crippen LogP contribution in [0.15, 0.2) is 36.7 Å². The fraction of sp³-hybridized carbons (Fsp3) is 0.125. The van der Waals surface area contributed by atoms with Gasteiger partial charge in [0.1, 0.15) is 11.3 Å². The number of thiocarbonyl (C=S) groups is 1. The zero-order chi connectivity index (χ0) is 15.1. The molecule has 0 spiro atoms. The van der Waals surface area contributed by atoms with E-state index in [1.54, 1.807) is 12.4 Å². The Bertz CT molecular complexity index is 867. The molecule has 0 saturated carbocycles. The maximum absolute atomic E-state index is 6.25. The summed E-state index contributed by atoms with van der Waals surface area (Å²) in [6.07, 6.45) is 1.77. The first-order valence-electron chi connectivity index (χ1n) is 6.52. The molecule has 1 aromatic heterocycles. The van der Waals surface area contributed by atoms with Gasteiger partial charge in [0.15, 0.2) is 0 Å². The summed E-state index contributed by atoms with van der Waals surface area (Å²) in [6, 6.07) is 9.80. The summed E-state index contributed by atoms with van der Waals surface area (Å²) in [7, 11) is 0. The van der Waals surface area contributed by atoms with Crippen molar-refractivity contribution in [3.05, 3.63) is 58.4 Å². The fourth-order valence-corrected chi connectivity index (χ4v) is 2.96. The summed E-state index contributed by atoms with van der Waals surface area (Å²) in [5.41, 5.74) is 11.7. The highest BCUT2D eigenvalue weighted by atomic mass is 35.5. The Morgan fingerprint density at radius 1 is 1.24 bits per heavy atom. The third-order valence-corrected chi connectivity index (χ3v) is 4.18. The number of halogens is 1. The largest absolute Gasteiger partial charge is 0.389 e. The predicted molar refractivity (Wildman–Crippen MR) is 91.4 cm³/mol.